The van der Waals surface area contributed by atoms with Crippen LogP contribution in [-0.2, 0) is 0 Å². The zero-order valence-corrected chi connectivity index (χ0v) is 8.97. The molecule has 1 heteroatoms. The summed E-state index contributed by atoms with van der Waals surface area (Å²) in [4.78, 5) is 0. The van der Waals surface area contributed by atoms with Crippen molar-refractivity contribution >= 4 is 0 Å². The Morgan fingerprint density at radius 2 is 1.69 bits per heavy atom. The molecule has 13 heavy (non-hydrogen) atoms. The molecule has 2 aliphatic rings. The van der Waals surface area contributed by atoms with Crippen LogP contribution < -0.4 is 0 Å². The van der Waals surface area contributed by atoms with Crippen LogP contribution in [0.3, 0.4) is 0 Å². The van der Waals surface area contributed by atoms with Crippen LogP contribution in [0.4, 0.5) is 0 Å². The molecular formula is C12H22O. The third-order valence-corrected chi connectivity index (χ3v) is 4.76. The van der Waals surface area contributed by atoms with Crippen molar-refractivity contribution in [3.63, 3.8) is 0 Å². The molecular weight excluding hydrogens is 160 g/mol. The van der Waals surface area contributed by atoms with Crippen molar-refractivity contribution in [3.8, 4) is 0 Å². The van der Waals surface area contributed by atoms with E-state index in [1.807, 2.05) is 0 Å². The first-order chi connectivity index (χ1) is 6.08. The van der Waals surface area contributed by atoms with Crippen LogP contribution in [0.2, 0.25) is 0 Å². The predicted molar refractivity (Wildman–Crippen MR) is 54.5 cm³/mol. The van der Waals surface area contributed by atoms with Crippen LogP contribution in [0.1, 0.15) is 58.8 Å². The lowest BCUT2D eigenvalue weighted by molar-refractivity contribution is -0.164. The number of hydrogen-bond acceptors (Lipinski definition) is 1. The van der Waals surface area contributed by atoms with E-state index in [1.54, 1.807) is 0 Å². The zero-order valence-electron chi connectivity index (χ0n) is 8.97. The zero-order chi connectivity index (χ0) is 9.53. The monoisotopic (exact) mass is 182 g/mol. The lowest BCUT2D eigenvalue weighted by Crippen LogP contribution is -2.55. The van der Waals surface area contributed by atoms with E-state index in [1.165, 1.54) is 38.5 Å². The molecule has 0 amide bonds. The third kappa shape index (κ3) is 1.24. The molecule has 2 aliphatic carbocycles. The van der Waals surface area contributed by atoms with Crippen molar-refractivity contribution < 1.29 is 5.11 Å². The highest BCUT2D eigenvalue weighted by Gasteiger charge is 2.52. The summed E-state index contributed by atoms with van der Waals surface area (Å²) in [7, 11) is 0. The van der Waals surface area contributed by atoms with E-state index in [2.05, 4.69) is 13.8 Å². The lowest BCUT2D eigenvalue weighted by atomic mass is 9.54. The second kappa shape index (κ2) is 2.98. The first-order valence-electron chi connectivity index (χ1n) is 5.81. The quantitative estimate of drug-likeness (QED) is 0.610. The fraction of sp³-hybridized carbons (Fsp3) is 1.00. The summed E-state index contributed by atoms with van der Waals surface area (Å²) < 4.78 is 0. The average molecular weight is 182 g/mol. The van der Waals surface area contributed by atoms with Crippen LogP contribution in [0.5, 0.6) is 0 Å². The maximum atomic E-state index is 10.7. The van der Waals surface area contributed by atoms with Gasteiger partial charge in [-0.2, -0.15) is 0 Å². The summed E-state index contributed by atoms with van der Waals surface area (Å²) in [6, 6.07) is 0. The van der Waals surface area contributed by atoms with Crippen molar-refractivity contribution in [2.75, 3.05) is 0 Å². The lowest BCUT2D eigenvalue weighted by Gasteiger charge is -2.55. The molecule has 3 atom stereocenters. The number of fused-ring (bicyclic) bond motifs is 1. The summed E-state index contributed by atoms with van der Waals surface area (Å²) in [6.07, 6.45) is 8.64. The van der Waals surface area contributed by atoms with Crippen LogP contribution in [0, 0.1) is 11.3 Å². The second-order valence-corrected chi connectivity index (χ2v) is 5.49. The van der Waals surface area contributed by atoms with Gasteiger partial charge in [0.2, 0.25) is 0 Å². The van der Waals surface area contributed by atoms with Gasteiger partial charge in [0.25, 0.3) is 0 Å². The van der Waals surface area contributed by atoms with Gasteiger partial charge in [-0.05, 0) is 37.0 Å². The molecule has 0 spiro atoms. The molecule has 0 heterocycles. The van der Waals surface area contributed by atoms with Crippen molar-refractivity contribution in [3.05, 3.63) is 0 Å². The van der Waals surface area contributed by atoms with Crippen LogP contribution >= 0.6 is 0 Å². The highest BCUT2D eigenvalue weighted by atomic mass is 16.3. The Labute approximate surface area is 81.5 Å². The largest absolute Gasteiger partial charge is 0.389 e. The van der Waals surface area contributed by atoms with Crippen molar-refractivity contribution in [2.45, 2.75) is 64.4 Å². The van der Waals surface area contributed by atoms with E-state index in [9.17, 15) is 5.11 Å². The van der Waals surface area contributed by atoms with Gasteiger partial charge in [-0.25, -0.2) is 0 Å². The smallest absolute Gasteiger partial charge is 0.0726 e. The normalized spacial score (nSPS) is 51.5. The van der Waals surface area contributed by atoms with Crippen LogP contribution in [0.15, 0.2) is 0 Å². The van der Waals surface area contributed by atoms with Gasteiger partial charge in [-0.1, -0.05) is 33.1 Å². The molecule has 0 aromatic heterocycles. The summed E-state index contributed by atoms with van der Waals surface area (Å²) in [5, 5.41) is 10.7. The fourth-order valence-corrected chi connectivity index (χ4v) is 3.65. The SMILES string of the molecule is C[C@H]1CCCC2(C)CCCCC12O. The first-order valence-corrected chi connectivity index (χ1v) is 5.81. The van der Waals surface area contributed by atoms with Gasteiger partial charge in [0.05, 0.1) is 5.60 Å². The molecule has 2 saturated carbocycles. The summed E-state index contributed by atoms with van der Waals surface area (Å²) in [5.41, 5.74) is -0.0909. The second-order valence-electron chi connectivity index (χ2n) is 5.49. The van der Waals surface area contributed by atoms with Gasteiger partial charge < -0.3 is 5.11 Å². The van der Waals surface area contributed by atoms with Gasteiger partial charge in [0, 0.05) is 0 Å². The average Bonchev–Trinajstić information content (AvgIpc) is 2.09. The third-order valence-electron chi connectivity index (χ3n) is 4.76. The van der Waals surface area contributed by atoms with E-state index in [4.69, 9.17) is 0 Å². The maximum Gasteiger partial charge on any atom is 0.0726 e. The first kappa shape index (κ1) is 9.51. The Morgan fingerprint density at radius 1 is 1.08 bits per heavy atom. The molecule has 0 aromatic rings. The van der Waals surface area contributed by atoms with Crippen molar-refractivity contribution in [1.82, 2.24) is 0 Å². The van der Waals surface area contributed by atoms with E-state index >= 15 is 0 Å². The Bertz CT molecular complexity index is 197. The molecule has 76 valence electrons. The number of hydrogen-bond donors (Lipinski definition) is 1. The van der Waals surface area contributed by atoms with Gasteiger partial charge in [-0.15, -0.1) is 0 Å². The van der Waals surface area contributed by atoms with E-state index in [-0.39, 0.29) is 11.0 Å². The highest BCUT2D eigenvalue weighted by molar-refractivity contribution is 5.04. The highest BCUT2D eigenvalue weighted by Crippen LogP contribution is 2.55. The standard InChI is InChI=1S/C12H22O/c1-10-6-5-8-11(2)7-3-4-9-12(10,11)13/h10,13H,3-9H2,1-2H3/t10-,11?,12?/m0/s1. The van der Waals surface area contributed by atoms with Gasteiger partial charge in [0.1, 0.15) is 0 Å². The molecule has 2 rings (SSSR count). The topological polar surface area (TPSA) is 20.2 Å². The molecule has 0 aliphatic heterocycles. The summed E-state index contributed by atoms with van der Waals surface area (Å²) in [5.74, 6) is 0.520. The van der Waals surface area contributed by atoms with E-state index in [0.29, 0.717) is 5.92 Å². The minimum atomic E-state index is -0.330. The molecule has 1 N–H and O–H groups in total. The van der Waals surface area contributed by atoms with Gasteiger partial charge in [-0.3, -0.25) is 0 Å². The summed E-state index contributed by atoms with van der Waals surface area (Å²) >= 11 is 0. The van der Waals surface area contributed by atoms with Crippen LogP contribution in [0.25, 0.3) is 0 Å². The van der Waals surface area contributed by atoms with Gasteiger partial charge >= 0.3 is 0 Å². The van der Waals surface area contributed by atoms with E-state index in [0.717, 1.165) is 6.42 Å². The molecule has 0 saturated heterocycles. The minimum Gasteiger partial charge on any atom is -0.389 e. The molecule has 0 bridgehead atoms. The number of aliphatic hydroxyl groups is 1. The molecule has 2 unspecified atom stereocenters. The molecule has 1 nitrogen and oxygen atoms in total. The Hall–Kier alpha value is -0.0400. The van der Waals surface area contributed by atoms with Crippen LogP contribution in [-0.4, -0.2) is 10.7 Å². The van der Waals surface area contributed by atoms with Crippen molar-refractivity contribution in [1.29, 1.82) is 0 Å². The number of rotatable bonds is 0. The van der Waals surface area contributed by atoms with Gasteiger partial charge in [0.15, 0.2) is 0 Å². The minimum absolute atomic E-state index is 0.239. The Balaban J connectivity index is 2.27. The van der Waals surface area contributed by atoms with E-state index < -0.39 is 0 Å². The molecule has 0 aromatic carbocycles. The molecule has 2 fully saturated rings. The molecule has 0 radical (unpaired) electrons. The Kier molecular flexibility index (Phi) is 2.18. The summed E-state index contributed by atoms with van der Waals surface area (Å²) in [6.45, 7) is 4.55. The predicted octanol–water partition coefficient (Wildman–Crippen LogP) is 3.12. The Morgan fingerprint density at radius 3 is 2.38 bits per heavy atom. The fourth-order valence-electron chi connectivity index (χ4n) is 3.65. The maximum absolute atomic E-state index is 10.7. The van der Waals surface area contributed by atoms with Crippen molar-refractivity contribution in [2.24, 2.45) is 11.3 Å².